The Hall–Kier alpha value is -1.43. The van der Waals surface area contributed by atoms with Gasteiger partial charge in [-0.05, 0) is 51.8 Å². The molecule has 1 fully saturated rings. The third-order valence-electron chi connectivity index (χ3n) is 3.20. The van der Waals surface area contributed by atoms with Gasteiger partial charge in [0.15, 0.2) is 0 Å². The molecule has 116 valence electrons. The highest BCUT2D eigenvalue weighted by atomic mass is 32.2. The van der Waals surface area contributed by atoms with Gasteiger partial charge in [0.25, 0.3) is 0 Å². The summed E-state index contributed by atoms with van der Waals surface area (Å²) in [4.78, 5) is 17.8. The van der Waals surface area contributed by atoms with Crippen molar-refractivity contribution in [2.45, 2.75) is 50.0 Å². The van der Waals surface area contributed by atoms with E-state index in [1.54, 1.807) is 11.1 Å². The quantitative estimate of drug-likeness (QED) is 0.842. The van der Waals surface area contributed by atoms with E-state index >= 15 is 0 Å². The van der Waals surface area contributed by atoms with Gasteiger partial charge in [-0.15, -0.1) is 0 Å². The lowest BCUT2D eigenvalue weighted by Crippen LogP contribution is -2.36. The zero-order chi connectivity index (χ0) is 15.6. The molecule has 6 heteroatoms. The number of rotatable bonds is 2. The van der Waals surface area contributed by atoms with Crippen LogP contribution in [-0.2, 0) is 15.5 Å². The first kappa shape index (κ1) is 15.9. The molecule has 1 saturated heterocycles. The van der Waals surface area contributed by atoms with Crippen LogP contribution in [0.2, 0.25) is 0 Å². The van der Waals surface area contributed by atoms with Crippen molar-refractivity contribution < 1.29 is 13.7 Å². The van der Waals surface area contributed by atoms with Gasteiger partial charge in [-0.3, -0.25) is 4.21 Å². The van der Waals surface area contributed by atoms with Crippen LogP contribution in [0.15, 0.2) is 23.4 Å². The predicted molar refractivity (Wildman–Crippen MR) is 81.6 cm³/mol. The number of nitrogens with zero attached hydrogens (tertiary/aromatic N) is 2. The fourth-order valence-electron chi connectivity index (χ4n) is 2.18. The summed E-state index contributed by atoms with van der Waals surface area (Å²) in [6.07, 6.45) is 2.05. The van der Waals surface area contributed by atoms with Crippen molar-refractivity contribution in [2.24, 2.45) is 0 Å². The highest BCUT2D eigenvalue weighted by molar-refractivity contribution is 7.85. The Balaban J connectivity index is 1.99. The number of amides is 1. The SMILES string of the molecule is Cc1ccnc(S(=O)C2CCN(C(=O)OC(C)(C)C)C2)c1. The van der Waals surface area contributed by atoms with Crippen molar-refractivity contribution in [1.82, 2.24) is 9.88 Å². The van der Waals surface area contributed by atoms with Gasteiger partial charge in [0.2, 0.25) is 0 Å². The minimum absolute atomic E-state index is 0.0770. The molecule has 0 N–H and O–H groups in total. The molecule has 2 heterocycles. The standard InChI is InChI=1S/C15H22N2O3S/c1-11-5-7-16-13(9-11)21(19)12-6-8-17(10-12)14(18)20-15(2,3)4/h5,7,9,12H,6,8,10H2,1-4H3. The van der Waals surface area contributed by atoms with E-state index in [0.717, 1.165) is 5.56 Å². The summed E-state index contributed by atoms with van der Waals surface area (Å²) in [6.45, 7) is 8.51. The average Bonchev–Trinajstić information content (AvgIpc) is 2.85. The minimum atomic E-state index is -1.19. The van der Waals surface area contributed by atoms with Gasteiger partial charge >= 0.3 is 6.09 Å². The van der Waals surface area contributed by atoms with Crippen LogP contribution < -0.4 is 0 Å². The Labute approximate surface area is 128 Å². The topological polar surface area (TPSA) is 59.5 Å². The molecule has 0 aromatic carbocycles. The van der Waals surface area contributed by atoms with Crippen LogP contribution in [0.5, 0.6) is 0 Å². The van der Waals surface area contributed by atoms with Gasteiger partial charge in [-0.2, -0.15) is 0 Å². The first-order valence-electron chi connectivity index (χ1n) is 7.07. The van der Waals surface area contributed by atoms with Crippen LogP contribution in [-0.4, -0.2) is 44.1 Å². The molecule has 1 aliphatic rings. The van der Waals surface area contributed by atoms with Crippen molar-refractivity contribution in [3.05, 3.63) is 23.9 Å². The predicted octanol–water partition coefficient (Wildman–Crippen LogP) is 2.51. The van der Waals surface area contributed by atoms with E-state index in [2.05, 4.69) is 4.98 Å². The normalized spacial score (nSPS) is 20.4. The second-order valence-electron chi connectivity index (χ2n) is 6.31. The molecular weight excluding hydrogens is 288 g/mol. The lowest BCUT2D eigenvalue weighted by Gasteiger charge is -2.24. The van der Waals surface area contributed by atoms with E-state index in [0.29, 0.717) is 24.5 Å². The molecule has 1 amide bonds. The number of ether oxygens (including phenoxy) is 1. The Morgan fingerprint density at radius 1 is 1.48 bits per heavy atom. The smallest absolute Gasteiger partial charge is 0.410 e. The van der Waals surface area contributed by atoms with Gasteiger partial charge in [0.1, 0.15) is 10.6 Å². The molecule has 2 rings (SSSR count). The van der Waals surface area contributed by atoms with Gasteiger partial charge < -0.3 is 9.64 Å². The fraction of sp³-hybridized carbons (Fsp3) is 0.600. The summed E-state index contributed by atoms with van der Waals surface area (Å²) in [5.74, 6) is 0. The number of carbonyl (C=O) groups is 1. The monoisotopic (exact) mass is 310 g/mol. The summed E-state index contributed by atoms with van der Waals surface area (Å²) >= 11 is 0. The van der Waals surface area contributed by atoms with Crippen molar-refractivity contribution in [3.63, 3.8) is 0 Å². The molecule has 0 spiro atoms. The number of pyridine rings is 1. The maximum atomic E-state index is 12.5. The molecule has 2 unspecified atom stereocenters. The second kappa shape index (κ2) is 6.13. The van der Waals surface area contributed by atoms with E-state index < -0.39 is 16.4 Å². The Morgan fingerprint density at radius 2 is 2.19 bits per heavy atom. The second-order valence-corrected chi connectivity index (χ2v) is 7.99. The molecule has 2 atom stereocenters. The van der Waals surface area contributed by atoms with Gasteiger partial charge in [-0.1, -0.05) is 0 Å². The van der Waals surface area contributed by atoms with Crippen molar-refractivity contribution >= 4 is 16.9 Å². The summed E-state index contributed by atoms with van der Waals surface area (Å²) in [6, 6.07) is 3.72. The van der Waals surface area contributed by atoms with E-state index in [1.165, 1.54) is 0 Å². The first-order valence-corrected chi connectivity index (χ1v) is 8.29. The highest BCUT2D eigenvalue weighted by Gasteiger charge is 2.33. The zero-order valence-electron chi connectivity index (χ0n) is 13.0. The number of likely N-dealkylation sites (tertiary alicyclic amines) is 1. The number of hydrogen-bond donors (Lipinski definition) is 0. The maximum absolute atomic E-state index is 12.5. The number of carbonyl (C=O) groups excluding carboxylic acids is 1. The van der Waals surface area contributed by atoms with Crippen LogP contribution in [0.25, 0.3) is 0 Å². The van der Waals surface area contributed by atoms with Crippen LogP contribution in [0, 0.1) is 6.92 Å². The molecule has 21 heavy (non-hydrogen) atoms. The lowest BCUT2D eigenvalue weighted by molar-refractivity contribution is 0.0295. The summed E-state index contributed by atoms with van der Waals surface area (Å²) < 4.78 is 17.9. The van der Waals surface area contributed by atoms with Gasteiger partial charge in [-0.25, -0.2) is 9.78 Å². The molecule has 5 nitrogen and oxygen atoms in total. The molecule has 0 radical (unpaired) electrons. The molecule has 1 aromatic heterocycles. The molecule has 1 aliphatic heterocycles. The summed E-state index contributed by atoms with van der Waals surface area (Å²) in [7, 11) is -1.19. The van der Waals surface area contributed by atoms with E-state index in [-0.39, 0.29) is 11.3 Å². The van der Waals surface area contributed by atoms with Crippen LogP contribution in [0.4, 0.5) is 4.79 Å². The van der Waals surface area contributed by atoms with Crippen molar-refractivity contribution in [2.75, 3.05) is 13.1 Å². The minimum Gasteiger partial charge on any atom is -0.444 e. The third kappa shape index (κ3) is 4.27. The highest BCUT2D eigenvalue weighted by Crippen LogP contribution is 2.21. The Morgan fingerprint density at radius 3 is 2.81 bits per heavy atom. The van der Waals surface area contributed by atoms with Crippen LogP contribution in [0.1, 0.15) is 32.8 Å². The average molecular weight is 310 g/mol. The molecule has 0 saturated carbocycles. The molecule has 0 aliphatic carbocycles. The Kier molecular flexibility index (Phi) is 4.66. The van der Waals surface area contributed by atoms with Crippen molar-refractivity contribution in [3.8, 4) is 0 Å². The summed E-state index contributed by atoms with van der Waals surface area (Å²) in [5.41, 5.74) is 0.530. The van der Waals surface area contributed by atoms with Gasteiger partial charge in [0.05, 0.1) is 16.0 Å². The molecular formula is C15H22N2O3S. The van der Waals surface area contributed by atoms with Crippen molar-refractivity contribution in [1.29, 1.82) is 0 Å². The Bertz CT molecular complexity index is 554. The zero-order valence-corrected chi connectivity index (χ0v) is 13.8. The first-order chi connectivity index (χ1) is 9.76. The third-order valence-corrected chi connectivity index (χ3v) is 4.82. The number of aryl methyl sites for hydroxylation is 1. The fourth-order valence-corrected chi connectivity index (χ4v) is 3.63. The number of hydrogen-bond acceptors (Lipinski definition) is 4. The van der Waals surface area contributed by atoms with Gasteiger partial charge in [0, 0.05) is 19.3 Å². The lowest BCUT2D eigenvalue weighted by atomic mass is 10.2. The van der Waals surface area contributed by atoms with E-state index in [1.807, 2.05) is 39.8 Å². The molecule has 0 bridgehead atoms. The van der Waals surface area contributed by atoms with E-state index in [9.17, 15) is 9.00 Å². The summed E-state index contributed by atoms with van der Waals surface area (Å²) in [5, 5.41) is 0.512. The number of aromatic nitrogens is 1. The maximum Gasteiger partial charge on any atom is 0.410 e. The molecule has 1 aromatic rings. The van der Waals surface area contributed by atoms with Crippen LogP contribution >= 0.6 is 0 Å². The van der Waals surface area contributed by atoms with E-state index in [4.69, 9.17) is 4.74 Å². The largest absolute Gasteiger partial charge is 0.444 e. The van der Waals surface area contributed by atoms with Crippen LogP contribution in [0.3, 0.4) is 0 Å².